The molecular weight excluding hydrogens is 221 g/mol. The van der Waals surface area contributed by atoms with Crippen LogP contribution in [0.1, 0.15) is 11.4 Å². The van der Waals surface area contributed by atoms with Gasteiger partial charge in [0.1, 0.15) is 11.4 Å². The van der Waals surface area contributed by atoms with Gasteiger partial charge in [-0.25, -0.2) is 14.4 Å². The Bertz CT molecular complexity index is 489. The van der Waals surface area contributed by atoms with Crippen molar-refractivity contribution in [2.45, 2.75) is 5.54 Å². The van der Waals surface area contributed by atoms with Gasteiger partial charge in [-0.05, 0) is 23.8 Å². The van der Waals surface area contributed by atoms with Crippen LogP contribution in [0.5, 0.6) is 0 Å². The van der Waals surface area contributed by atoms with Gasteiger partial charge in [0.2, 0.25) is 0 Å². The Morgan fingerprint density at radius 2 is 1.76 bits per heavy atom. The van der Waals surface area contributed by atoms with Crippen molar-refractivity contribution in [3.63, 3.8) is 0 Å². The highest BCUT2D eigenvalue weighted by Gasteiger charge is 2.31. The molecule has 2 rings (SSSR count). The summed E-state index contributed by atoms with van der Waals surface area (Å²) in [7, 11) is 0. The first-order chi connectivity index (χ1) is 8.16. The van der Waals surface area contributed by atoms with Gasteiger partial charge >= 0.3 is 0 Å². The van der Waals surface area contributed by atoms with Crippen LogP contribution in [0.25, 0.3) is 0 Å². The third-order valence-electron chi connectivity index (χ3n) is 2.57. The second-order valence-corrected chi connectivity index (χ2v) is 3.71. The minimum absolute atomic E-state index is 0.300. The molecule has 1 heterocycles. The number of nitrogens with two attached hydrogens (primary N) is 1. The van der Waals surface area contributed by atoms with Crippen LogP contribution in [0, 0.1) is 5.82 Å². The van der Waals surface area contributed by atoms with Crippen LogP contribution in [0.15, 0.2) is 42.7 Å². The monoisotopic (exact) mass is 233 g/mol. The zero-order valence-corrected chi connectivity index (χ0v) is 9.05. The molecule has 1 unspecified atom stereocenters. The van der Waals surface area contributed by atoms with E-state index in [1.54, 1.807) is 18.5 Å². The fraction of sp³-hybridized carbons (Fsp3) is 0.167. The Balaban J connectivity index is 2.48. The summed E-state index contributed by atoms with van der Waals surface area (Å²) >= 11 is 0. The number of aliphatic hydroxyl groups excluding tert-OH is 1. The minimum atomic E-state index is -1.21. The molecule has 0 aliphatic carbocycles. The molecule has 5 heteroatoms. The molecule has 17 heavy (non-hydrogen) atoms. The third-order valence-corrected chi connectivity index (χ3v) is 2.57. The fourth-order valence-electron chi connectivity index (χ4n) is 1.57. The lowest BCUT2D eigenvalue weighted by Crippen LogP contribution is -2.43. The molecule has 0 aliphatic rings. The lowest BCUT2D eigenvalue weighted by atomic mass is 9.91. The van der Waals surface area contributed by atoms with Crippen LogP contribution in [0.2, 0.25) is 0 Å². The van der Waals surface area contributed by atoms with Crippen molar-refractivity contribution < 1.29 is 9.50 Å². The highest BCUT2D eigenvalue weighted by molar-refractivity contribution is 5.31. The molecule has 0 saturated heterocycles. The topological polar surface area (TPSA) is 72.0 Å². The van der Waals surface area contributed by atoms with Crippen LogP contribution in [0.3, 0.4) is 0 Å². The van der Waals surface area contributed by atoms with E-state index >= 15 is 0 Å². The standard InChI is InChI=1S/C12H12FN3O/c13-10-4-2-9(3-5-10)12(14,8-17)11-15-6-1-7-16-11/h1-7,17H,8,14H2. The summed E-state index contributed by atoms with van der Waals surface area (Å²) in [5.41, 5.74) is 5.44. The van der Waals surface area contributed by atoms with E-state index < -0.39 is 5.54 Å². The Morgan fingerprint density at radius 1 is 1.18 bits per heavy atom. The van der Waals surface area contributed by atoms with Crippen LogP contribution >= 0.6 is 0 Å². The van der Waals surface area contributed by atoms with E-state index in [9.17, 15) is 9.50 Å². The van der Waals surface area contributed by atoms with E-state index in [1.165, 1.54) is 24.3 Å². The van der Waals surface area contributed by atoms with E-state index in [0.29, 0.717) is 11.4 Å². The SMILES string of the molecule is NC(CO)(c1ccc(F)cc1)c1ncccn1. The summed E-state index contributed by atoms with van der Waals surface area (Å²) in [6, 6.07) is 7.26. The number of hydrogen-bond donors (Lipinski definition) is 2. The Morgan fingerprint density at radius 3 is 2.29 bits per heavy atom. The molecule has 0 radical (unpaired) electrons. The molecule has 88 valence electrons. The van der Waals surface area contributed by atoms with Gasteiger partial charge in [0.05, 0.1) is 6.61 Å². The lowest BCUT2D eigenvalue weighted by Gasteiger charge is -2.25. The van der Waals surface area contributed by atoms with Gasteiger partial charge in [0.15, 0.2) is 5.82 Å². The summed E-state index contributed by atoms with van der Waals surface area (Å²) in [6.07, 6.45) is 3.09. The third kappa shape index (κ3) is 2.15. The van der Waals surface area contributed by atoms with Crippen molar-refractivity contribution in [1.29, 1.82) is 0 Å². The molecule has 4 nitrogen and oxygen atoms in total. The van der Waals surface area contributed by atoms with Crippen molar-refractivity contribution in [3.05, 3.63) is 59.9 Å². The Kier molecular flexibility index (Phi) is 3.12. The number of nitrogens with zero attached hydrogens (tertiary/aromatic N) is 2. The van der Waals surface area contributed by atoms with Crippen LogP contribution < -0.4 is 5.73 Å². The predicted octanol–water partition coefficient (Wildman–Crippen LogP) is 0.810. The quantitative estimate of drug-likeness (QED) is 0.823. The van der Waals surface area contributed by atoms with Gasteiger partial charge in [0.25, 0.3) is 0 Å². The number of halogens is 1. The average molecular weight is 233 g/mol. The first kappa shape index (κ1) is 11.6. The molecule has 0 amide bonds. The van der Waals surface area contributed by atoms with Crippen LogP contribution in [-0.4, -0.2) is 21.7 Å². The summed E-state index contributed by atoms with van der Waals surface area (Å²) < 4.78 is 12.8. The van der Waals surface area contributed by atoms with E-state index in [-0.39, 0.29) is 12.4 Å². The Hall–Kier alpha value is -1.85. The van der Waals surface area contributed by atoms with E-state index in [0.717, 1.165) is 0 Å². The Labute approximate surface area is 98.0 Å². The summed E-state index contributed by atoms with van der Waals surface area (Å²) in [6.45, 7) is -0.358. The normalized spacial score (nSPS) is 14.3. The summed E-state index contributed by atoms with van der Waals surface area (Å²) in [4.78, 5) is 8.06. The second-order valence-electron chi connectivity index (χ2n) is 3.71. The first-order valence-corrected chi connectivity index (χ1v) is 5.10. The van der Waals surface area contributed by atoms with Gasteiger partial charge in [-0.2, -0.15) is 0 Å². The minimum Gasteiger partial charge on any atom is -0.394 e. The molecule has 1 atom stereocenters. The number of aliphatic hydroxyl groups is 1. The van der Waals surface area contributed by atoms with E-state index in [1.807, 2.05) is 0 Å². The van der Waals surface area contributed by atoms with Gasteiger partial charge in [-0.3, -0.25) is 0 Å². The molecule has 0 fully saturated rings. The summed E-state index contributed by atoms with van der Waals surface area (Å²) in [5, 5.41) is 9.46. The summed E-state index contributed by atoms with van der Waals surface area (Å²) in [5.74, 6) is -0.0582. The van der Waals surface area contributed by atoms with Crippen molar-refractivity contribution in [2.75, 3.05) is 6.61 Å². The fourth-order valence-corrected chi connectivity index (χ4v) is 1.57. The number of hydrogen-bond acceptors (Lipinski definition) is 4. The van der Waals surface area contributed by atoms with Crippen LogP contribution in [-0.2, 0) is 5.54 Å². The second kappa shape index (κ2) is 4.57. The molecule has 0 aliphatic heterocycles. The highest BCUT2D eigenvalue weighted by atomic mass is 19.1. The maximum Gasteiger partial charge on any atom is 0.154 e. The average Bonchev–Trinajstić information content (AvgIpc) is 2.40. The zero-order chi connectivity index (χ0) is 12.3. The molecule has 0 spiro atoms. The van der Waals surface area contributed by atoms with Gasteiger partial charge in [0, 0.05) is 12.4 Å². The molecule has 2 aromatic rings. The van der Waals surface area contributed by atoms with Gasteiger partial charge in [-0.15, -0.1) is 0 Å². The maximum absolute atomic E-state index is 12.8. The lowest BCUT2D eigenvalue weighted by molar-refractivity contribution is 0.217. The molecule has 1 aromatic carbocycles. The highest BCUT2D eigenvalue weighted by Crippen LogP contribution is 2.23. The molecular formula is C12H12FN3O. The number of benzene rings is 1. The smallest absolute Gasteiger partial charge is 0.154 e. The molecule has 0 bridgehead atoms. The number of rotatable bonds is 3. The maximum atomic E-state index is 12.8. The largest absolute Gasteiger partial charge is 0.394 e. The van der Waals surface area contributed by atoms with E-state index in [2.05, 4.69) is 9.97 Å². The van der Waals surface area contributed by atoms with Crippen LogP contribution in [0.4, 0.5) is 4.39 Å². The predicted molar refractivity (Wildman–Crippen MR) is 60.5 cm³/mol. The number of aromatic nitrogens is 2. The van der Waals surface area contributed by atoms with Crippen molar-refractivity contribution >= 4 is 0 Å². The molecule has 0 saturated carbocycles. The van der Waals surface area contributed by atoms with Crippen molar-refractivity contribution in [1.82, 2.24) is 9.97 Å². The van der Waals surface area contributed by atoms with Crippen molar-refractivity contribution in [3.8, 4) is 0 Å². The molecule has 1 aromatic heterocycles. The zero-order valence-electron chi connectivity index (χ0n) is 9.05. The van der Waals surface area contributed by atoms with Gasteiger partial charge < -0.3 is 10.8 Å². The van der Waals surface area contributed by atoms with Crippen molar-refractivity contribution in [2.24, 2.45) is 5.73 Å². The first-order valence-electron chi connectivity index (χ1n) is 5.10. The van der Waals surface area contributed by atoms with Gasteiger partial charge in [-0.1, -0.05) is 12.1 Å². The van der Waals surface area contributed by atoms with E-state index in [4.69, 9.17) is 5.73 Å². The molecule has 3 N–H and O–H groups in total.